The number of sulfone groups is 1. The number of hydrogen-bond acceptors (Lipinski definition) is 7. The van der Waals surface area contributed by atoms with Crippen molar-refractivity contribution in [2.75, 3.05) is 17.8 Å². The number of nitrogens with zero attached hydrogens (tertiary/aromatic N) is 1. The van der Waals surface area contributed by atoms with Crippen molar-refractivity contribution < 1.29 is 41.1 Å². The van der Waals surface area contributed by atoms with Gasteiger partial charge in [0, 0.05) is 12.0 Å². The van der Waals surface area contributed by atoms with Crippen LogP contribution in [0.4, 0.5) is 19.3 Å². The topological polar surface area (TPSA) is 131 Å². The van der Waals surface area contributed by atoms with Gasteiger partial charge in [-0.1, -0.05) is 12.1 Å². The highest BCUT2D eigenvalue weighted by Gasteiger charge is 2.58. The van der Waals surface area contributed by atoms with Crippen molar-refractivity contribution in [3.8, 4) is 5.75 Å². The van der Waals surface area contributed by atoms with E-state index in [4.69, 9.17) is 9.47 Å². The zero-order valence-electron chi connectivity index (χ0n) is 21.8. The van der Waals surface area contributed by atoms with Crippen LogP contribution in [0.3, 0.4) is 0 Å². The highest BCUT2D eigenvalue weighted by Crippen LogP contribution is 2.42. The van der Waals surface area contributed by atoms with Gasteiger partial charge in [-0.2, -0.15) is 0 Å². The maximum Gasteiger partial charge on any atom is 0.408 e. The summed E-state index contributed by atoms with van der Waals surface area (Å²) in [6, 6.07) is 7.39. The molecule has 10 nitrogen and oxygen atoms in total. The number of benzene rings is 2. The molecule has 0 aromatic heterocycles. The zero-order chi connectivity index (χ0) is 28.8. The summed E-state index contributed by atoms with van der Waals surface area (Å²) in [7, 11) is -2.67. The van der Waals surface area contributed by atoms with Crippen LogP contribution in [-0.2, 0) is 25.9 Å². The van der Waals surface area contributed by atoms with Crippen molar-refractivity contribution in [3.05, 3.63) is 53.6 Å². The molecular weight excluding hydrogens is 536 g/mol. The summed E-state index contributed by atoms with van der Waals surface area (Å²) in [6.45, 7) is 4.74. The van der Waals surface area contributed by atoms with E-state index in [9.17, 15) is 31.6 Å². The quantitative estimate of drug-likeness (QED) is 0.551. The first-order chi connectivity index (χ1) is 18.1. The Morgan fingerprint density at radius 3 is 2.31 bits per heavy atom. The molecule has 210 valence electrons. The molecule has 39 heavy (non-hydrogen) atoms. The smallest absolute Gasteiger partial charge is 0.408 e. The molecule has 0 unspecified atom stereocenters. The van der Waals surface area contributed by atoms with E-state index < -0.39 is 63.5 Å². The van der Waals surface area contributed by atoms with Crippen LogP contribution in [-0.4, -0.2) is 62.8 Å². The SMILES string of the molecule is COc1ccc(CN2C(=O)[C@@H](NC(=O)OC(C)(C)C)CS(=O)(=O)c3ccc(C(=O)N[C@@H]4CC4(F)F)cc32)cc1. The molecule has 2 atom stereocenters. The van der Waals surface area contributed by atoms with E-state index in [1.54, 1.807) is 45.0 Å². The van der Waals surface area contributed by atoms with E-state index in [1.807, 2.05) is 0 Å². The first kappa shape index (κ1) is 28.3. The second-order valence-corrected chi connectivity index (χ2v) is 12.4. The molecule has 2 aliphatic rings. The molecule has 1 heterocycles. The van der Waals surface area contributed by atoms with Gasteiger partial charge in [0.15, 0.2) is 9.84 Å². The summed E-state index contributed by atoms with van der Waals surface area (Å²) in [4.78, 5) is 39.8. The monoisotopic (exact) mass is 565 g/mol. The molecule has 0 saturated heterocycles. The van der Waals surface area contributed by atoms with Crippen molar-refractivity contribution in [2.45, 2.75) is 62.2 Å². The molecule has 2 aromatic rings. The number of rotatable bonds is 6. The van der Waals surface area contributed by atoms with E-state index in [-0.39, 0.29) is 22.7 Å². The molecule has 1 aliphatic heterocycles. The Morgan fingerprint density at radius 1 is 1.10 bits per heavy atom. The lowest BCUT2D eigenvalue weighted by molar-refractivity contribution is -0.120. The molecule has 1 aliphatic carbocycles. The van der Waals surface area contributed by atoms with Crippen molar-refractivity contribution >= 4 is 33.4 Å². The fourth-order valence-electron chi connectivity index (χ4n) is 4.06. The number of nitrogens with one attached hydrogen (secondary N) is 2. The minimum Gasteiger partial charge on any atom is -0.497 e. The maximum absolute atomic E-state index is 13.7. The Kier molecular flexibility index (Phi) is 7.32. The minimum atomic E-state index is -4.16. The van der Waals surface area contributed by atoms with Crippen LogP contribution in [0.5, 0.6) is 5.75 Å². The molecule has 0 spiro atoms. The largest absolute Gasteiger partial charge is 0.497 e. The summed E-state index contributed by atoms with van der Waals surface area (Å²) >= 11 is 0. The van der Waals surface area contributed by atoms with E-state index in [1.165, 1.54) is 19.2 Å². The lowest BCUT2D eigenvalue weighted by atomic mass is 10.1. The summed E-state index contributed by atoms with van der Waals surface area (Å²) in [5.74, 6) is -4.78. The van der Waals surface area contributed by atoms with E-state index in [0.717, 1.165) is 11.0 Å². The molecule has 2 aromatic carbocycles. The van der Waals surface area contributed by atoms with Gasteiger partial charge in [0.1, 0.15) is 17.4 Å². The molecular formula is C26H29F2N3O7S. The molecule has 1 saturated carbocycles. The fraction of sp³-hybridized carbons (Fsp3) is 0.423. The molecule has 1 fully saturated rings. The van der Waals surface area contributed by atoms with Crippen LogP contribution in [0.25, 0.3) is 0 Å². The van der Waals surface area contributed by atoms with Gasteiger partial charge >= 0.3 is 6.09 Å². The molecule has 2 N–H and O–H groups in total. The molecule has 0 radical (unpaired) electrons. The normalized spacial score (nSPS) is 21.3. The average molecular weight is 566 g/mol. The van der Waals surface area contributed by atoms with Gasteiger partial charge in [-0.3, -0.25) is 9.59 Å². The zero-order valence-corrected chi connectivity index (χ0v) is 22.6. The first-order valence-electron chi connectivity index (χ1n) is 12.1. The molecule has 13 heteroatoms. The predicted octanol–water partition coefficient (Wildman–Crippen LogP) is 3.05. The first-order valence-corrected chi connectivity index (χ1v) is 13.7. The van der Waals surface area contributed by atoms with Crippen molar-refractivity contribution in [1.29, 1.82) is 0 Å². The Labute approximate surface area is 224 Å². The second-order valence-electron chi connectivity index (χ2n) is 10.4. The van der Waals surface area contributed by atoms with Crippen LogP contribution in [0, 0.1) is 0 Å². The lowest BCUT2D eigenvalue weighted by Crippen LogP contribution is -2.51. The Hall–Kier alpha value is -3.74. The number of carbonyl (C=O) groups excluding carboxylic acids is 3. The van der Waals surface area contributed by atoms with Gasteiger partial charge < -0.3 is 25.0 Å². The third-order valence-corrected chi connectivity index (χ3v) is 7.91. The number of ether oxygens (including phenoxy) is 2. The Balaban J connectivity index is 1.74. The van der Waals surface area contributed by atoms with Crippen molar-refractivity contribution in [3.63, 3.8) is 0 Å². The van der Waals surface area contributed by atoms with Crippen LogP contribution in [0.2, 0.25) is 0 Å². The van der Waals surface area contributed by atoms with E-state index >= 15 is 0 Å². The third-order valence-electron chi connectivity index (χ3n) is 6.12. The average Bonchev–Trinajstić information content (AvgIpc) is 3.46. The van der Waals surface area contributed by atoms with E-state index in [0.29, 0.717) is 11.3 Å². The summed E-state index contributed by atoms with van der Waals surface area (Å²) in [5.41, 5.74) is -0.515. The predicted molar refractivity (Wildman–Crippen MR) is 137 cm³/mol. The molecule has 3 amide bonds. The van der Waals surface area contributed by atoms with Gasteiger partial charge in [-0.15, -0.1) is 0 Å². The molecule has 0 bridgehead atoms. The third kappa shape index (κ3) is 6.47. The van der Waals surface area contributed by atoms with E-state index in [2.05, 4.69) is 10.6 Å². The fourth-order valence-corrected chi connectivity index (χ4v) is 5.67. The number of alkyl halides is 2. The second kappa shape index (κ2) is 10.1. The Morgan fingerprint density at radius 2 is 1.74 bits per heavy atom. The van der Waals surface area contributed by atoms with Crippen LogP contribution in [0.1, 0.15) is 43.1 Å². The number of carbonyl (C=O) groups is 3. The van der Waals surface area contributed by atoms with Crippen LogP contribution >= 0.6 is 0 Å². The number of hydrogen-bond donors (Lipinski definition) is 2. The van der Waals surface area contributed by atoms with Crippen molar-refractivity contribution in [2.24, 2.45) is 0 Å². The number of anilines is 1. The highest BCUT2D eigenvalue weighted by atomic mass is 32.2. The summed E-state index contributed by atoms with van der Waals surface area (Å²) in [6.07, 6.45) is -1.46. The van der Waals surface area contributed by atoms with Crippen LogP contribution < -0.4 is 20.3 Å². The maximum atomic E-state index is 13.7. The lowest BCUT2D eigenvalue weighted by Gasteiger charge is -2.27. The number of alkyl carbamates (subject to hydrolysis) is 1. The number of halogens is 2. The van der Waals surface area contributed by atoms with Gasteiger partial charge in [0.05, 0.1) is 36.0 Å². The highest BCUT2D eigenvalue weighted by molar-refractivity contribution is 7.91. The van der Waals surface area contributed by atoms with Crippen molar-refractivity contribution in [1.82, 2.24) is 10.6 Å². The number of amides is 3. The number of fused-ring (bicyclic) bond motifs is 1. The standard InChI is InChI=1S/C26H29F2N3O7S/c1-25(2,3)38-24(34)29-18-14-39(35,36)20-10-7-16(22(32)30-21-12-26(21,27)28)11-19(20)31(23(18)33)13-15-5-8-17(37-4)9-6-15/h5-11,18,21H,12-14H2,1-4H3,(H,29,34)(H,30,32)/t18-,21+/m0/s1. The van der Waals surface area contributed by atoms with Gasteiger partial charge in [0.25, 0.3) is 17.7 Å². The van der Waals surface area contributed by atoms with Gasteiger partial charge in [0.2, 0.25) is 0 Å². The molecule has 4 rings (SSSR count). The van der Waals surface area contributed by atoms with Crippen LogP contribution in [0.15, 0.2) is 47.4 Å². The van der Waals surface area contributed by atoms with Gasteiger partial charge in [-0.25, -0.2) is 22.0 Å². The van der Waals surface area contributed by atoms with Gasteiger partial charge in [-0.05, 0) is 56.7 Å². The Bertz CT molecular complexity index is 1410. The summed E-state index contributed by atoms with van der Waals surface area (Å²) in [5, 5.41) is 4.58. The summed E-state index contributed by atoms with van der Waals surface area (Å²) < 4.78 is 63.8. The minimum absolute atomic E-state index is 0.0993. The number of methoxy groups -OCH3 is 1.